The van der Waals surface area contributed by atoms with Crippen LogP contribution in [0.1, 0.15) is 22.9 Å². The van der Waals surface area contributed by atoms with Gasteiger partial charge in [-0.2, -0.15) is 0 Å². The average Bonchev–Trinajstić information content (AvgIpc) is 2.41. The van der Waals surface area contributed by atoms with Gasteiger partial charge in [0.1, 0.15) is 5.75 Å². The first-order valence-electron chi connectivity index (χ1n) is 6.10. The molecular formula is C15H17BrN2O. The second-order valence-electron chi connectivity index (χ2n) is 4.50. The molecule has 1 aromatic heterocycles. The molecule has 19 heavy (non-hydrogen) atoms. The quantitative estimate of drug-likeness (QED) is 0.939. The fourth-order valence-electron chi connectivity index (χ4n) is 1.99. The summed E-state index contributed by atoms with van der Waals surface area (Å²) < 4.78 is 6.30. The molecule has 1 atom stereocenters. The van der Waals surface area contributed by atoms with Crippen molar-refractivity contribution >= 4 is 15.9 Å². The Morgan fingerprint density at radius 1 is 1.32 bits per heavy atom. The van der Waals surface area contributed by atoms with E-state index in [0.29, 0.717) is 0 Å². The van der Waals surface area contributed by atoms with Gasteiger partial charge in [0.05, 0.1) is 7.11 Å². The fourth-order valence-corrected chi connectivity index (χ4v) is 2.40. The summed E-state index contributed by atoms with van der Waals surface area (Å²) in [6.45, 7) is 1.97. The first kappa shape index (κ1) is 14.0. The summed E-state index contributed by atoms with van der Waals surface area (Å²) in [6, 6.07) is 9.86. The highest BCUT2D eigenvalue weighted by Crippen LogP contribution is 2.26. The molecule has 0 bridgehead atoms. The summed E-state index contributed by atoms with van der Waals surface area (Å²) >= 11 is 3.55. The second kappa shape index (κ2) is 6.17. The molecule has 4 heteroatoms. The third-order valence-electron chi connectivity index (χ3n) is 3.04. The van der Waals surface area contributed by atoms with Crippen LogP contribution in [-0.2, 0) is 6.42 Å². The number of pyridine rings is 1. The Balaban J connectivity index is 2.21. The summed E-state index contributed by atoms with van der Waals surface area (Å²) in [7, 11) is 1.67. The fraction of sp³-hybridized carbons (Fsp3) is 0.267. The van der Waals surface area contributed by atoms with Crippen LogP contribution in [0.25, 0.3) is 0 Å². The van der Waals surface area contributed by atoms with Gasteiger partial charge in [0.15, 0.2) is 0 Å². The number of aromatic nitrogens is 1. The maximum atomic E-state index is 6.27. The minimum Gasteiger partial charge on any atom is -0.497 e. The third kappa shape index (κ3) is 3.55. The van der Waals surface area contributed by atoms with Crippen LogP contribution < -0.4 is 10.5 Å². The molecule has 2 rings (SSSR count). The zero-order valence-electron chi connectivity index (χ0n) is 11.1. The number of rotatable bonds is 4. The normalized spacial score (nSPS) is 12.2. The first-order chi connectivity index (χ1) is 9.10. The average molecular weight is 321 g/mol. The molecule has 2 N–H and O–H groups in total. The predicted molar refractivity (Wildman–Crippen MR) is 80.3 cm³/mol. The van der Waals surface area contributed by atoms with Crippen LogP contribution in [0.2, 0.25) is 0 Å². The largest absolute Gasteiger partial charge is 0.497 e. The molecule has 2 aromatic rings. The minimum atomic E-state index is -0.0508. The van der Waals surface area contributed by atoms with Crippen molar-refractivity contribution in [3.8, 4) is 5.75 Å². The van der Waals surface area contributed by atoms with E-state index in [9.17, 15) is 0 Å². The second-order valence-corrected chi connectivity index (χ2v) is 5.35. The van der Waals surface area contributed by atoms with Crippen molar-refractivity contribution in [2.75, 3.05) is 7.11 Å². The highest BCUT2D eigenvalue weighted by Gasteiger charge is 2.10. The maximum absolute atomic E-state index is 6.27. The van der Waals surface area contributed by atoms with Crippen LogP contribution in [0.3, 0.4) is 0 Å². The van der Waals surface area contributed by atoms with E-state index < -0.39 is 0 Å². The molecule has 0 aliphatic carbocycles. The lowest BCUT2D eigenvalue weighted by atomic mass is 10.00. The van der Waals surface area contributed by atoms with Crippen LogP contribution in [0, 0.1) is 6.92 Å². The van der Waals surface area contributed by atoms with Crippen molar-refractivity contribution in [3.05, 3.63) is 57.8 Å². The third-order valence-corrected chi connectivity index (χ3v) is 3.82. The summed E-state index contributed by atoms with van der Waals surface area (Å²) in [5.74, 6) is 0.844. The molecule has 1 aromatic carbocycles. The van der Waals surface area contributed by atoms with Crippen LogP contribution in [-0.4, -0.2) is 12.1 Å². The standard InChI is InChI=1S/C15H17BrN2O/c1-10-7-11(5-6-18-10)15(17)9-12-8-13(19-2)3-4-14(12)16/h3-8,15H,9,17H2,1-2H3. The molecule has 1 heterocycles. The maximum Gasteiger partial charge on any atom is 0.119 e. The number of hydrogen-bond donors (Lipinski definition) is 1. The van der Waals surface area contributed by atoms with Gasteiger partial charge >= 0.3 is 0 Å². The number of benzene rings is 1. The lowest BCUT2D eigenvalue weighted by molar-refractivity contribution is 0.414. The number of nitrogens with zero attached hydrogens (tertiary/aromatic N) is 1. The number of aryl methyl sites for hydroxylation is 1. The Labute approximate surface area is 121 Å². The molecule has 0 aliphatic heterocycles. The van der Waals surface area contributed by atoms with Gasteiger partial charge < -0.3 is 10.5 Å². The summed E-state index contributed by atoms with van der Waals surface area (Å²) in [4.78, 5) is 4.19. The van der Waals surface area contributed by atoms with E-state index in [1.807, 2.05) is 37.3 Å². The van der Waals surface area contributed by atoms with E-state index in [0.717, 1.165) is 33.5 Å². The Morgan fingerprint density at radius 2 is 2.11 bits per heavy atom. The van der Waals surface area contributed by atoms with Crippen LogP contribution >= 0.6 is 15.9 Å². The molecule has 0 saturated carbocycles. The molecule has 0 spiro atoms. The van der Waals surface area contributed by atoms with Crippen LogP contribution in [0.5, 0.6) is 5.75 Å². The van der Waals surface area contributed by atoms with Crippen molar-refractivity contribution < 1.29 is 4.74 Å². The van der Waals surface area contributed by atoms with E-state index >= 15 is 0 Å². The van der Waals surface area contributed by atoms with Gasteiger partial charge in [-0.3, -0.25) is 4.98 Å². The SMILES string of the molecule is COc1ccc(Br)c(CC(N)c2ccnc(C)c2)c1. The Morgan fingerprint density at radius 3 is 2.79 bits per heavy atom. The zero-order chi connectivity index (χ0) is 13.8. The van der Waals surface area contributed by atoms with E-state index in [4.69, 9.17) is 10.5 Å². The van der Waals surface area contributed by atoms with Gasteiger partial charge in [-0.25, -0.2) is 0 Å². The number of nitrogens with two attached hydrogens (primary N) is 1. The van der Waals surface area contributed by atoms with Crippen molar-refractivity contribution in [2.45, 2.75) is 19.4 Å². The van der Waals surface area contributed by atoms with Gasteiger partial charge in [-0.1, -0.05) is 15.9 Å². The molecule has 1 unspecified atom stereocenters. The van der Waals surface area contributed by atoms with Crippen molar-refractivity contribution in [2.24, 2.45) is 5.73 Å². The smallest absolute Gasteiger partial charge is 0.119 e. The summed E-state index contributed by atoms with van der Waals surface area (Å²) in [5, 5.41) is 0. The lowest BCUT2D eigenvalue weighted by Crippen LogP contribution is -2.14. The molecule has 0 amide bonds. The lowest BCUT2D eigenvalue weighted by Gasteiger charge is -2.14. The predicted octanol–water partition coefficient (Wildman–Crippen LogP) is 3.40. The molecule has 0 radical (unpaired) electrons. The van der Waals surface area contributed by atoms with Crippen molar-refractivity contribution in [1.29, 1.82) is 0 Å². The Bertz CT molecular complexity index is 572. The molecule has 3 nitrogen and oxygen atoms in total. The minimum absolute atomic E-state index is 0.0508. The Hall–Kier alpha value is -1.39. The van der Waals surface area contributed by atoms with E-state index in [1.54, 1.807) is 13.3 Å². The molecule has 0 saturated heterocycles. The zero-order valence-corrected chi connectivity index (χ0v) is 12.6. The van der Waals surface area contributed by atoms with E-state index in [1.165, 1.54) is 0 Å². The van der Waals surface area contributed by atoms with Crippen molar-refractivity contribution in [1.82, 2.24) is 4.98 Å². The number of methoxy groups -OCH3 is 1. The number of ether oxygens (including phenoxy) is 1. The Kier molecular flexibility index (Phi) is 4.56. The molecule has 0 aliphatic rings. The van der Waals surface area contributed by atoms with Gasteiger partial charge in [0.25, 0.3) is 0 Å². The van der Waals surface area contributed by atoms with Gasteiger partial charge in [-0.05, 0) is 54.8 Å². The van der Waals surface area contributed by atoms with Gasteiger partial charge in [0.2, 0.25) is 0 Å². The van der Waals surface area contributed by atoms with Crippen LogP contribution in [0.4, 0.5) is 0 Å². The van der Waals surface area contributed by atoms with Gasteiger partial charge in [0, 0.05) is 22.4 Å². The van der Waals surface area contributed by atoms with Crippen LogP contribution in [0.15, 0.2) is 41.0 Å². The number of halogens is 1. The monoisotopic (exact) mass is 320 g/mol. The summed E-state index contributed by atoms with van der Waals surface area (Å²) in [6.07, 6.45) is 2.55. The van der Waals surface area contributed by atoms with E-state index in [2.05, 4.69) is 20.9 Å². The molecular weight excluding hydrogens is 304 g/mol. The number of hydrogen-bond acceptors (Lipinski definition) is 3. The summed E-state index contributed by atoms with van der Waals surface area (Å²) in [5.41, 5.74) is 9.49. The van der Waals surface area contributed by atoms with Gasteiger partial charge in [-0.15, -0.1) is 0 Å². The van der Waals surface area contributed by atoms with E-state index in [-0.39, 0.29) is 6.04 Å². The molecule has 0 fully saturated rings. The topological polar surface area (TPSA) is 48.1 Å². The first-order valence-corrected chi connectivity index (χ1v) is 6.90. The molecule has 100 valence electrons. The highest BCUT2D eigenvalue weighted by atomic mass is 79.9. The van der Waals surface area contributed by atoms with Crippen molar-refractivity contribution in [3.63, 3.8) is 0 Å². The highest BCUT2D eigenvalue weighted by molar-refractivity contribution is 9.10.